The maximum atomic E-state index is 13.2. The van der Waals surface area contributed by atoms with Crippen LogP contribution in [0.4, 0.5) is 4.39 Å². The average Bonchev–Trinajstić information content (AvgIpc) is 2.98. The predicted octanol–water partition coefficient (Wildman–Crippen LogP) is 4.16. The Bertz CT molecular complexity index is 1120. The van der Waals surface area contributed by atoms with Gasteiger partial charge in [0, 0.05) is 10.4 Å². The van der Waals surface area contributed by atoms with Gasteiger partial charge in [0.1, 0.15) is 11.9 Å². The van der Waals surface area contributed by atoms with E-state index in [0.29, 0.717) is 20.9 Å². The molecule has 0 radical (unpaired) electrons. The minimum Gasteiger partial charge on any atom is -0.368 e. The quantitative estimate of drug-likeness (QED) is 0.611. The summed E-state index contributed by atoms with van der Waals surface area (Å²) >= 11 is 12.5. The Hall–Kier alpha value is -2.64. The van der Waals surface area contributed by atoms with Crippen molar-refractivity contribution in [2.45, 2.75) is 33.4 Å². The van der Waals surface area contributed by atoms with E-state index in [-0.39, 0.29) is 18.1 Å². The van der Waals surface area contributed by atoms with Gasteiger partial charge in [-0.25, -0.2) is 4.39 Å². The number of amides is 2. The molecule has 9 heteroatoms. The van der Waals surface area contributed by atoms with Crippen LogP contribution in [0.3, 0.4) is 0 Å². The first-order valence-corrected chi connectivity index (χ1v) is 9.93. The molecule has 1 heterocycles. The highest BCUT2D eigenvalue weighted by molar-refractivity contribution is 6.38. The van der Waals surface area contributed by atoms with Gasteiger partial charge in [0.05, 0.1) is 17.1 Å². The molecule has 0 aliphatic carbocycles. The van der Waals surface area contributed by atoms with Crippen LogP contribution in [0.1, 0.15) is 36.8 Å². The first-order chi connectivity index (χ1) is 14.0. The van der Waals surface area contributed by atoms with E-state index >= 15 is 0 Å². The second kappa shape index (κ2) is 8.24. The molecule has 1 unspecified atom stereocenters. The van der Waals surface area contributed by atoms with Crippen molar-refractivity contribution in [3.05, 3.63) is 63.5 Å². The summed E-state index contributed by atoms with van der Waals surface area (Å²) in [5.41, 5.74) is 6.21. The van der Waals surface area contributed by atoms with Crippen LogP contribution in [0, 0.1) is 11.2 Å². The van der Waals surface area contributed by atoms with Crippen molar-refractivity contribution < 1.29 is 14.0 Å². The minimum absolute atomic E-state index is 0.0620. The largest absolute Gasteiger partial charge is 0.368 e. The molecule has 1 atom stereocenters. The van der Waals surface area contributed by atoms with Crippen LogP contribution in [0.15, 0.2) is 36.4 Å². The summed E-state index contributed by atoms with van der Waals surface area (Å²) < 4.78 is 14.8. The summed E-state index contributed by atoms with van der Waals surface area (Å²) in [5, 5.41) is 8.17. The van der Waals surface area contributed by atoms with Crippen molar-refractivity contribution in [1.82, 2.24) is 15.1 Å². The van der Waals surface area contributed by atoms with E-state index in [0.717, 1.165) is 5.56 Å². The van der Waals surface area contributed by atoms with Gasteiger partial charge >= 0.3 is 0 Å². The summed E-state index contributed by atoms with van der Waals surface area (Å²) in [6.07, 6.45) is 0. The Labute approximate surface area is 183 Å². The molecule has 158 valence electrons. The number of nitrogens with two attached hydrogens (primary N) is 1. The number of aromatic nitrogens is 2. The van der Waals surface area contributed by atoms with Crippen LogP contribution < -0.4 is 11.1 Å². The van der Waals surface area contributed by atoms with E-state index in [2.05, 4.69) is 10.4 Å². The van der Waals surface area contributed by atoms with Crippen LogP contribution in [0.2, 0.25) is 10.0 Å². The average molecular weight is 451 g/mol. The molecule has 0 fully saturated rings. The molecular weight excluding hydrogens is 430 g/mol. The van der Waals surface area contributed by atoms with Crippen molar-refractivity contribution >= 4 is 45.9 Å². The zero-order valence-electron chi connectivity index (χ0n) is 16.7. The molecule has 1 aromatic heterocycles. The maximum absolute atomic E-state index is 13.2. The molecule has 30 heavy (non-hydrogen) atoms. The number of hydrogen-bond donors (Lipinski definition) is 2. The summed E-state index contributed by atoms with van der Waals surface area (Å²) in [6.45, 7) is 5.63. The van der Waals surface area contributed by atoms with E-state index in [4.69, 9.17) is 28.9 Å². The Morgan fingerprint density at radius 1 is 1.20 bits per heavy atom. The molecule has 6 nitrogen and oxygen atoms in total. The van der Waals surface area contributed by atoms with Crippen LogP contribution in [0.25, 0.3) is 10.9 Å². The lowest BCUT2D eigenvalue weighted by Crippen LogP contribution is -2.52. The molecule has 3 rings (SSSR count). The van der Waals surface area contributed by atoms with Gasteiger partial charge in [0.2, 0.25) is 5.91 Å². The van der Waals surface area contributed by atoms with Crippen LogP contribution in [0.5, 0.6) is 0 Å². The molecule has 0 spiro atoms. The second-order valence-electron chi connectivity index (χ2n) is 8.09. The van der Waals surface area contributed by atoms with Gasteiger partial charge in [-0.15, -0.1) is 0 Å². The molecule has 2 aromatic carbocycles. The normalized spacial score (nSPS) is 12.7. The van der Waals surface area contributed by atoms with Crippen molar-refractivity contribution in [3.8, 4) is 0 Å². The lowest BCUT2D eigenvalue weighted by atomic mass is 9.86. The van der Waals surface area contributed by atoms with Crippen LogP contribution in [-0.2, 0) is 11.3 Å². The fourth-order valence-corrected chi connectivity index (χ4v) is 3.78. The third-order valence-electron chi connectivity index (χ3n) is 4.65. The zero-order valence-corrected chi connectivity index (χ0v) is 18.2. The van der Waals surface area contributed by atoms with Gasteiger partial charge in [-0.3, -0.25) is 14.3 Å². The molecule has 0 bridgehead atoms. The van der Waals surface area contributed by atoms with E-state index in [1.165, 1.54) is 12.1 Å². The summed E-state index contributed by atoms with van der Waals surface area (Å²) in [4.78, 5) is 24.9. The molecule has 0 saturated heterocycles. The Balaban J connectivity index is 2.07. The van der Waals surface area contributed by atoms with Gasteiger partial charge in [-0.2, -0.15) is 5.10 Å². The number of benzene rings is 2. The van der Waals surface area contributed by atoms with Gasteiger partial charge in [-0.1, -0.05) is 56.1 Å². The number of halogens is 3. The monoisotopic (exact) mass is 450 g/mol. The fraction of sp³-hybridized carbons (Fsp3) is 0.286. The summed E-state index contributed by atoms with van der Waals surface area (Å²) in [7, 11) is 0. The number of carbonyl (C=O) groups excluding carboxylic acids is 2. The molecule has 3 N–H and O–H groups in total. The van der Waals surface area contributed by atoms with Gasteiger partial charge in [0.25, 0.3) is 5.91 Å². The number of hydrogen-bond acceptors (Lipinski definition) is 3. The molecule has 3 aromatic rings. The lowest BCUT2D eigenvalue weighted by molar-refractivity contribution is -0.122. The van der Waals surface area contributed by atoms with Crippen molar-refractivity contribution in [2.75, 3.05) is 0 Å². The minimum atomic E-state index is -0.906. The number of nitrogens with zero attached hydrogens (tertiary/aromatic N) is 2. The smallest absolute Gasteiger partial charge is 0.273 e. The highest BCUT2D eigenvalue weighted by Gasteiger charge is 2.32. The van der Waals surface area contributed by atoms with Crippen molar-refractivity contribution in [3.63, 3.8) is 0 Å². The van der Waals surface area contributed by atoms with E-state index in [9.17, 15) is 14.0 Å². The molecular formula is C21H21Cl2FN4O2. The SMILES string of the molecule is CC(C)(C)C(NC(=O)c1nn(Cc2ccc(F)cc2)c2c(Cl)cc(Cl)cc12)C(N)=O. The standard InChI is InChI=1S/C21H21Cl2FN4O2/c1-21(2,3)18(19(25)29)26-20(30)16-14-8-12(22)9-15(23)17(14)28(27-16)10-11-4-6-13(24)7-5-11/h4-9,18H,10H2,1-3H3,(H2,25,29)(H,26,30). The fourth-order valence-electron chi connectivity index (χ4n) is 3.19. The molecule has 0 aliphatic rings. The van der Waals surface area contributed by atoms with Crippen LogP contribution >= 0.6 is 23.2 Å². The van der Waals surface area contributed by atoms with Crippen LogP contribution in [-0.4, -0.2) is 27.6 Å². The predicted molar refractivity (Wildman–Crippen MR) is 115 cm³/mol. The lowest BCUT2D eigenvalue weighted by Gasteiger charge is -2.28. The maximum Gasteiger partial charge on any atom is 0.273 e. The number of fused-ring (bicyclic) bond motifs is 1. The van der Waals surface area contributed by atoms with Gasteiger partial charge in [-0.05, 0) is 35.2 Å². The van der Waals surface area contributed by atoms with E-state index < -0.39 is 23.3 Å². The first-order valence-electron chi connectivity index (χ1n) is 9.17. The van der Waals surface area contributed by atoms with E-state index in [1.54, 1.807) is 49.7 Å². The van der Waals surface area contributed by atoms with E-state index in [1.807, 2.05) is 0 Å². The van der Waals surface area contributed by atoms with Crippen molar-refractivity contribution in [1.29, 1.82) is 0 Å². The topological polar surface area (TPSA) is 90.0 Å². The Kier molecular flexibility index (Phi) is 6.06. The second-order valence-corrected chi connectivity index (χ2v) is 8.94. The molecule has 0 saturated carbocycles. The van der Waals surface area contributed by atoms with Gasteiger partial charge in [0.15, 0.2) is 5.69 Å². The number of nitrogens with one attached hydrogen (secondary N) is 1. The first kappa shape index (κ1) is 22.1. The Morgan fingerprint density at radius 2 is 1.83 bits per heavy atom. The molecule has 0 aliphatic heterocycles. The van der Waals surface area contributed by atoms with Crippen molar-refractivity contribution in [2.24, 2.45) is 11.1 Å². The highest BCUT2D eigenvalue weighted by atomic mass is 35.5. The highest BCUT2D eigenvalue weighted by Crippen LogP contribution is 2.31. The third-order valence-corrected chi connectivity index (χ3v) is 5.16. The summed E-state index contributed by atoms with van der Waals surface area (Å²) in [6, 6.07) is 8.16. The number of primary amides is 1. The number of carbonyl (C=O) groups is 2. The zero-order chi connectivity index (χ0) is 22.2. The summed E-state index contributed by atoms with van der Waals surface area (Å²) in [5.74, 6) is -1.58. The third kappa shape index (κ3) is 4.57. The van der Waals surface area contributed by atoms with Gasteiger partial charge < -0.3 is 11.1 Å². The Morgan fingerprint density at radius 3 is 2.40 bits per heavy atom. The number of rotatable bonds is 5. The molecule has 2 amide bonds.